The molecular formula is C14H21NO3S. The highest BCUT2D eigenvalue weighted by Crippen LogP contribution is 2.33. The van der Waals surface area contributed by atoms with Crippen LogP contribution >= 0.6 is 0 Å². The molecule has 0 spiro atoms. The van der Waals surface area contributed by atoms with Crippen molar-refractivity contribution in [1.82, 2.24) is 4.90 Å². The number of hydrogen-bond donors (Lipinski definition) is 0. The van der Waals surface area contributed by atoms with Crippen molar-refractivity contribution in [2.75, 3.05) is 32.2 Å². The number of hydrogen-bond acceptors (Lipinski definition) is 4. The number of rotatable bonds is 5. The Bertz CT molecular complexity index is 527. The van der Waals surface area contributed by atoms with Gasteiger partial charge in [0, 0.05) is 18.8 Å². The summed E-state index contributed by atoms with van der Waals surface area (Å²) in [5.41, 5.74) is 1.21. The minimum atomic E-state index is -2.90. The first kappa shape index (κ1) is 14.3. The molecule has 0 N–H and O–H groups in total. The fourth-order valence-electron chi connectivity index (χ4n) is 2.60. The van der Waals surface area contributed by atoms with Crippen LogP contribution in [-0.4, -0.2) is 45.5 Å². The van der Waals surface area contributed by atoms with Gasteiger partial charge in [0.25, 0.3) is 0 Å². The van der Waals surface area contributed by atoms with Gasteiger partial charge in [0.15, 0.2) is 0 Å². The van der Waals surface area contributed by atoms with Gasteiger partial charge in [-0.2, -0.15) is 0 Å². The Morgan fingerprint density at radius 1 is 1.42 bits per heavy atom. The topological polar surface area (TPSA) is 46.6 Å². The van der Waals surface area contributed by atoms with Gasteiger partial charge in [-0.05, 0) is 37.1 Å². The summed E-state index contributed by atoms with van der Waals surface area (Å²) in [6.45, 7) is 1.58. The van der Waals surface area contributed by atoms with Crippen LogP contribution in [0.2, 0.25) is 0 Å². The zero-order valence-electron chi connectivity index (χ0n) is 11.5. The Hall–Kier alpha value is -1.07. The lowest BCUT2D eigenvalue weighted by Crippen LogP contribution is -2.28. The van der Waals surface area contributed by atoms with Crippen molar-refractivity contribution in [3.63, 3.8) is 0 Å². The van der Waals surface area contributed by atoms with Gasteiger partial charge in [-0.25, -0.2) is 8.42 Å². The van der Waals surface area contributed by atoms with E-state index in [1.807, 2.05) is 18.2 Å². The largest absolute Gasteiger partial charge is 0.497 e. The van der Waals surface area contributed by atoms with E-state index in [0.29, 0.717) is 12.6 Å². The summed E-state index contributed by atoms with van der Waals surface area (Å²) in [7, 11) is -1.23. The van der Waals surface area contributed by atoms with Gasteiger partial charge in [-0.3, -0.25) is 4.90 Å². The first-order valence-electron chi connectivity index (χ1n) is 6.55. The maximum Gasteiger partial charge on any atom is 0.148 e. The number of ether oxygens (including phenoxy) is 1. The molecule has 2 rings (SSSR count). The second-order valence-corrected chi connectivity index (χ2v) is 7.36. The molecule has 19 heavy (non-hydrogen) atoms. The normalized spacial score (nSPS) is 20.6. The van der Waals surface area contributed by atoms with Crippen molar-refractivity contribution in [3.05, 3.63) is 29.8 Å². The molecule has 1 aliphatic heterocycles. The number of benzene rings is 1. The molecule has 0 amide bonds. The molecule has 1 heterocycles. The summed E-state index contributed by atoms with van der Waals surface area (Å²) in [6, 6.07) is 8.37. The van der Waals surface area contributed by atoms with Gasteiger partial charge in [-0.15, -0.1) is 0 Å². The molecule has 0 bridgehead atoms. The van der Waals surface area contributed by atoms with Crippen molar-refractivity contribution in [3.8, 4) is 5.75 Å². The molecular weight excluding hydrogens is 262 g/mol. The van der Waals surface area contributed by atoms with Crippen LogP contribution in [0.1, 0.15) is 24.4 Å². The molecule has 1 atom stereocenters. The smallest absolute Gasteiger partial charge is 0.148 e. The molecule has 106 valence electrons. The van der Waals surface area contributed by atoms with Crippen LogP contribution in [0.5, 0.6) is 5.75 Å². The lowest BCUT2D eigenvalue weighted by atomic mass is 10.0. The third-order valence-corrected chi connectivity index (χ3v) is 4.52. The number of nitrogens with zero attached hydrogens (tertiary/aromatic N) is 1. The van der Waals surface area contributed by atoms with Crippen LogP contribution < -0.4 is 4.74 Å². The predicted molar refractivity (Wildman–Crippen MR) is 76.3 cm³/mol. The van der Waals surface area contributed by atoms with Gasteiger partial charge in [0.05, 0.1) is 12.9 Å². The summed E-state index contributed by atoms with van der Waals surface area (Å²) >= 11 is 0. The monoisotopic (exact) mass is 283 g/mol. The minimum Gasteiger partial charge on any atom is -0.497 e. The maximum atomic E-state index is 11.3. The van der Waals surface area contributed by atoms with Crippen molar-refractivity contribution in [1.29, 1.82) is 0 Å². The molecule has 0 saturated carbocycles. The second kappa shape index (κ2) is 5.92. The molecule has 0 radical (unpaired) electrons. The number of methoxy groups -OCH3 is 1. The van der Waals surface area contributed by atoms with E-state index < -0.39 is 9.84 Å². The quantitative estimate of drug-likeness (QED) is 0.828. The van der Waals surface area contributed by atoms with Crippen molar-refractivity contribution >= 4 is 9.84 Å². The Balaban J connectivity index is 2.09. The Morgan fingerprint density at radius 2 is 2.21 bits per heavy atom. The Labute approximate surface area is 115 Å². The molecule has 1 fully saturated rings. The summed E-state index contributed by atoms with van der Waals surface area (Å²) in [6.07, 6.45) is 3.49. The van der Waals surface area contributed by atoms with Crippen molar-refractivity contribution in [2.45, 2.75) is 18.9 Å². The summed E-state index contributed by atoms with van der Waals surface area (Å²) < 4.78 is 27.8. The summed E-state index contributed by atoms with van der Waals surface area (Å²) in [5.74, 6) is 1.08. The molecule has 1 saturated heterocycles. The zero-order chi connectivity index (χ0) is 13.9. The van der Waals surface area contributed by atoms with E-state index >= 15 is 0 Å². The van der Waals surface area contributed by atoms with E-state index in [9.17, 15) is 8.42 Å². The lowest BCUT2D eigenvalue weighted by molar-refractivity contribution is 0.272. The molecule has 1 aliphatic rings. The van der Waals surface area contributed by atoms with E-state index in [2.05, 4.69) is 11.0 Å². The first-order valence-corrected chi connectivity index (χ1v) is 8.61. The highest BCUT2D eigenvalue weighted by molar-refractivity contribution is 7.90. The molecule has 1 aromatic carbocycles. The second-order valence-electron chi connectivity index (χ2n) is 5.10. The van der Waals surface area contributed by atoms with Gasteiger partial charge in [0.1, 0.15) is 15.6 Å². The van der Waals surface area contributed by atoms with E-state index in [0.717, 1.165) is 25.1 Å². The van der Waals surface area contributed by atoms with Gasteiger partial charge >= 0.3 is 0 Å². The Morgan fingerprint density at radius 3 is 2.89 bits per heavy atom. The van der Waals surface area contributed by atoms with Crippen molar-refractivity contribution < 1.29 is 13.2 Å². The van der Waals surface area contributed by atoms with E-state index in [4.69, 9.17) is 4.74 Å². The highest BCUT2D eigenvalue weighted by atomic mass is 32.2. The third kappa shape index (κ3) is 3.94. The van der Waals surface area contributed by atoms with Crippen LogP contribution in [0.15, 0.2) is 24.3 Å². The molecule has 0 aromatic heterocycles. The first-order chi connectivity index (χ1) is 8.99. The maximum absolute atomic E-state index is 11.3. The molecule has 0 aliphatic carbocycles. The van der Waals surface area contributed by atoms with Crippen LogP contribution in [0.4, 0.5) is 0 Å². The molecule has 4 nitrogen and oxygen atoms in total. The molecule has 1 aromatic rings. The fourth-order valence-corrected chi connectivity index (χ4v) is 3.17. The van der Waals surface area contributed by atoms with E-state index in [1.165, 1.54) is 11.8 Å². The third-order valence-electron chi connectivity index (χ3n) is 3.59. The average Bonchev–Trinajstić information content (AvgIpc) is 2.84. The van der Waals surface area contributed by atoms with E-state index in [1.54, 1.807) is 7.11 Å². The van der Waals surface area contributed by atoms with Crippen molar-refractivity contribution in [2.24, 2.45) is 0 Å². The number of sulfone groups is 1. The summed E-state index contributed by atoms with van der Waals surface area (Å²) in [5, 5.41) is 0. The van der Waals surface area contributed by atoms with E-state index in [-0.39, 0.29) is 5.75 Å². The van der Waals surface area contributed by atoms with Gasteiger partial charge in [-0.1, -0.05) is 12.1 Å². The van der Waals surface area contributed by atoms with Gasteiger partial charge in [0.2, 0.25) is 0 Å². The zero-order valence-corrected chi connectivity index (χ0v) is 12.3. The van der Waals surface area contributed by atoms with Crippen LogP contribution in [0.3, 0.4) is 0 Å². The fraction of sp³-hybridized carbons (Fsp3) is 0.571. The SMILES string of the molecule is COc1cccc(C2CCCN2CCS(C)(=O)=O)c1. The Kier molecular flexibility index (Phi) is 4.47. The predicted octanol–water partition coefficient (Wildman–Crippen LogP) is 1.88. The van der Waals surface area contributed by atoms with Crippen LogP contribution in [0.25, 0.3) is 0 Å². The van der Waals surface area contributed by atoms with Crippen LogP contribution in [0, 0.1) is 0 Å². The number of likely N-dealkylation sites (tertiary alicyclic amines) is 1. The molecule has 5 heteroatoms. The van der Waals surface area contributed by atoms with Gasteiger partial charge < -0.3 is 4.74 Å². The molecule has 1 unspecified atom stereocenters. The lowest BCUT2D eigenvalue weighted by Gasteiger charge is -2.24. The minimum absolute atomic E-state index is 0.230. The average molecular weight is 283 g/mol. The highest BCUT2D eigenvalue weighted by Gasteiger charge is 2.26. The van der Waals surface area contributed by atoms with Crippen LogP contribution in [-0.2, 0) is 9.84 Å². The standard InChI is InChI=1S/C14H21NO3S/c1-18-13-6-3-5-12(11-13)14-7-4-8-15(14)9-10-19(2,16)17/h3,5-6,11,14H,4,7-10H2,1-2H3. The summed E-state index contributed by atoms with van der Waals surface area (Å²) in [4.78, 5) is 2.26.